The third-order valence-electron chi connectivity index (χ3n) is 10.1. The van der Waals surface area contributed by atoms with E-state index in [2.05, 4.69) is 164 Å². The SMILES string of the molecule is c1ccc(-c2ccc(-c3nc(-c4ccc(-c5cccc(-c6cccc7c6ccc6cccnc67)c5)c5ccccc45)nc4ccccc34)cc2)cc1. The van der Waals surface area contributed by atoms with Gasteiger partial charge < -0.3 is 0 Å². The van der Waals surface area contributed by atoms with E-state index in [9.17, 15) is 0 Å². The van der Waals surface area contributed by atoms with Crippen LogP contribution in [-0.2, 0) is 0 Å². The first-order valence-corrected chi connectivity index (χ1v) is 17.6. The molecule has 0 saturated carbocycles. The average molecular weight is 662 g/mol. The van der Waals surface area contributed by atoms with Crippen LogP contribution in [0.15, 0.2) is 188 Å². The van der Waals surface area contributed by atoms with Crippen molar-refractivity contribution in [1.29, 1.82) is 0 Å². The van der Waals surface area contributed by atoms with Gasteiger partial charge in [0.2, 0.25) is 0 Å². The summed E-state index contributed by atoms with van der Waals surface area (Å²) in [6, 6.07) is 64.4. The second-order valence-corrected chi connectivity index (χ2v) is 13.2. The maximum Gasteiger partial charge on any atom is 0.161 e. The summed E-state index contributed by atoms with van der Waals surface area (Å²) in [5.74, 6) is 0.717. The molecule has 0 fully saturated rings. The van der Waals surface area contributed by atoms with Crippen LogP contribution in [0.2, 0.25) is 0 Å². The monoisotopic (exact) mass is 661 g/mol. The number of rotatable bonds is 5. The van der Waals surface area contributed by atoms with E-state index in [-0.39, 0.29) is 0 Å². The van der Waals surface area contributed by atoms with Crippen molar-refractivity contribution in [1.82, 2.24) is 15.0 Å². The highest BCUT2D eigenvalue weighted by Crippen LogP contribution is 2.39. The van der Waals surface area contributed by atoms with Gasteiger partial charge in [0.15, 0.2) is 5.82 Å². The van der Waals surface area contributed by atoms with Crippen LogP contribution in [0.3, 0.4) is 0 Å². The van der Waals surface area contributed by atoms with Crippen molar-refractivity contribution in [2.75, 3.05) is 0 Å². The van der Waals surface area contributed by atoms with Gasteiger partial charge in [0.05, 0.1) is 16.7 Å². The molecule has 242 valence electrons. The van der Waals surface area contributed by atoms with Crippen LogP contribution in [-0.4, -0.2) is 15.0 Å². The van der Waals surface area contributed by atoms with Gasteiger partial charge in [-0.05, 0) is 73.8 Å². The van der Waals surface area contributed by atoms with Gasteiger partial charge in [-0.3, -0.25) is 4.98 Å². The zero-order valence-corrected chi connectivity index (χ0v) is 28.2. The molecule has 0 atom stereocenters. The van der Waals surface area contributed by atoms with Crippen molar-refractivity contribution in [3.63, 3.8) is 0 Å². The largest absolute Gasteiger partial charge is 0.256 e. The number of hydrogen-bond donors (Lipinski definition) is 0. The van der Waals surface area contributed by atoms with E-state index in [1.54, 1.807) is 0 Å². The zero-order chi connectivity index (χ0) is 34.4. The molecule has 3 heteroatoms. The van der Waals surface area contributed by atoms with Gasteiger partial charge in [-0.25, -0.2) is 9.97 Å². The molecule has 10 aromatic rings. The summed E-state index contributed by atoms with van der Waals surface area (Å²) < 4.78 is 0. The molecule has 52 heavy (non-hydrogen) atoms. The van der Waals surface area contributed by atoms with Gasteiger partial charge in [0, 0.05) is 33.5 Å². The Kier molecular flexibility index (Phi) is 7.14. The molecule has 8 aromatic carbocycles. The maximum absolute atomic E-state index is 5.28. The number of aromatic nitrogens is 3. The fourth-order valence-corrected chi connectivity index (χ4v) is 7.62. The first kappa shape index (κ1) is 29.9. The second-order valence-electron chi connectivity index (χ2n) is 13.2. The van der Waals surface area contributed by atoms with Gasteiger partial charge in [-0.1, -0.05) is 158 Å². The first-order chi connectivity index (χ1) is 25.8. The first-order valence-electron chi connectivity index (χ1n) is 17.6. The predicted octanol–water partition coefficient (Wildman–Crippen LogP) is 12.8. The molecule has 0 aliphatic carbocycles. The van der Waals surface area contributed by atoms with E-state index in [1.165, 1.54) is 33.2 Å². The molecule has 0 radical (unpaired) electrons. The normalized spacial score (nSPS) is 11.5. The molecular formula is C49H31N3. The summed E-state index contributed by atoms with van der Waals surface area (Å²) in [5, 5.41) is 6.83. The smallest absolute Gasteiger partial charge is 0.161 e. The predicted molar refractivity (Wildman–Crippen MR) is 217 cm³/mol. The van der Waals surface area contributed by atoms with E-state index >= 15 is 0 Å². The van der Waals surface area contributed by atoms with E-state index in [1.807, 2.05) is 24.4 Å². The minimum atomic E-state index is 0.717. The van der Waals surface area contributed by atoms with Crippen molar-refractivity contribution in [3.8, 4) is 56.0 Å². The molecule has 0 aliphatic rings. The molecule has 0 saturated heterocycles. The maximum atomic E-state index is 5.28. The lowest BCUT2D eigenvalue weighted by atomic mass is 9.91. The van der Waals surface area contributed by atoms with Crippen LogP contribution < -0.4 is 0 Å². The van der Waals surface area contributed by atoms with Crippen LogP contribution in [0.5, 0.6) is 0 Å². The Balaban J connectivity index is 1.09. The number of pyridine rings is 1. The highest BCUT2D eigenvalue weighted by molar-refractivity contribution is 6.11. The Hall–Kier alpha value is -6.97. The number of benzene rings is 8. The average Bonchev–Trinajstić information content (AvgIpc) is 3.23. The zero-order valence-electron chi connectivity index (χ0n) is 28.2. The third-order valence-corrected chi connectivity index (χ3v) is 10.1. The third kappa shape index (κ3) is 5.10. The van der Waals surface area contributed by atoms with Crippen molar-refractivity contribution in [3.05, 3.63) is 188 Å². The Morgan fingerprint density at radius 2 is 0.923 bits per heavy atom. The number of fused-ring (bicyclic) bond motifs is 5. The summed E-state index contributed by atoms with van der Waals surface area (Å²) >= 11 is 0. The van der Waals surface area contributed by atoms with Gasteiger partial charge >= 0.3 is 0 Å². The van der Waals surface area contributed by atoms with Crippen molar-refractivity contribution in [2.24, 2.45) is 0 Å². The molecule has 3 nitrogen and oxygen atoms in total. The molecule has 0 amide bonds. The van der Waals surface area contributed by atoms with Crippen molar-refractivity contribution < 1.29 is 0 Å². The minimum Gasteiger partial charge on any atom is -0.256 e. The highest BCUT2D eigenvalue weighted by Gasteiger charge is 2.16. The topological polar surface area (TPSA) is 38.7 Å². The number of hydrogen-bond acceptors (Lipinski definition) is 3. The van der Waals surface area contributed by atoms with Crippen LogP contribution in [0.1, 0.15) is 0 Å². The Bertz CT molecular complexity index is 2950. The number of para-hydroxylation sites is 1. The molecule has 0 N–H and O–H groups in total. The fourth-order valence-electron chi connectivity index (χ4n) is 7.62. The molecule has 0 bridgehead atoms. The van der Waals surface area contributed by atoms with Crippen molar-refractivity contribution in [2.45, 2.75) is 0 Å². The Morgan fingerprint density at radius 1 is 0.327 bits per heavy atom. The van der Waals surface area contributed by atoms with Crippen LogP contribution in [0.25, 0.3) is 99.4 Å². The standard InChI is InChI=1S/C49H31N3/c1-2-11-32(12-3-1)33-22-24-35(25-23-33)48-45-18-6-7-21-46(45)51-49(52-48)44-29-28-39(40-16-4-5-17-41(40)44)37-14-8-13-36(31-37)38-19-9-20-43-42(38)27-26-34-15-10-30-50-47(34)43/h1-31H. The summed E-state index contributed by atoms with van der Waals surface area (Å²) in [6.07, 6.45) is 1.87. The Labute approximate surface area is 301 Å². The second kappa shape index (κ2) is 12.4. The lowest BCUT2D eigenvalue weighted by molar-refractivity contribution is 1.23. The lowest BCUT2D eigenvalue weighted by Crippen LogP contribution is -1.96. The molecule has 0 spiro atoms. The van der Waals surface area contributed by atoms with E-state index in [4.69, 9.17) is 15.0 Å². The molecule has 2 aromatic heterocycles. The van der Waals surface area contributed by atoms with Crippen LogP contribution >= 0.6 is 0 Å². The molecule has 10 rings (SSSR count). The summed E-state index contributed by atoms with van der Waals surface area (Å²) in [6.45, 7) is 0. The van der Waals surface area contributed by atoms with E-state index in [0.29, 0.717) is 5.82 Å². The van der Waals surface area contributed by atoms with Crippen LogP contribution in [0.4, 0.5) is 0 Å². The summed E-state index contributed by atoms with van der Waals surface area (Å²) in [7, 11) is 0. The number of nitrogens with zero attached hydrogens (tertiary/aromatic N) is 3. The van der Waals surface area contributed by atoms with Crippen LogP contribution in [0, 0.1) is 0 Å². The van der Waals surface area contributed by atoms with Gasteiger partial charge in [0.1, 0.15) is 0 Å². The minimum absolute atomic E-state index is 0.717. The summed E-state index contributed by atoms with van der Waals surface area (Å²) in [4.78, 5) is 15.1. The van der Waals surface area contributed by atoms with Gasteiger partial charge in [-0.15, -0.1) is 0 Å². The van der Waals surface area contributed by atoms with E-state index in [0.717, 1.165) is 60.3 Å². The Morgan fingerprint density at radius 3 is 1.75 bits per heavy atom. The quantitative estimate of drug-likeness (QED) is 0.172. The highest BCUT2D eigenvalue weighted by atomic mass is 14.9. The molecule has 2 heterocycles. The lowest BCUT2D eigenvalue weighted by Gasteiger charge is -2.15. The summed E-state index contributed by atoms with van der Waals surface area (Å²) in [5.41, 5.74) is 12.0. The van der Waals surface area contributed by atoms with Gasteiger partial charge in [0.25, 0.3) is 0 Å². The van der Waals surface area contributed by atoms with E-state index < -0.39 is 0 Å². The molecule has 0 unspecified atom stereocenters. The van der Waals surface area contributed by atoms with Gasteiger partial charge in [-0.2, -0.15) is 0 Å². The molecular weight excluding hydrogens is 631 g/mol. The molecule has 0 aliphatic heterocycles. The fraction of sp³-hybridized carbons (Fsp3) is 0. The van der Waals surface area contributed by atoms with Crippen molar-refractivity contribution >= 4 is 43.4 Å².